The molecule has 0 amide bonds. The minimum atomic E-state index is 0. The van der Waals surface area contributed by atoms with Crippen molar-refractivity contribution in [1.82, 2.24) is 9.88 Å². The summed E-state index contributed by atoms with van der Waals surface area (Å²) < 4.78 is 0. The molecule has 0 spiro atoms. The lowest BCUT2D eigenvalue weighted by Crippen LogP contribution is -2.39. The number of rotatable bonds is 3. The van der Waals surface area contributed by atoms with Gasteiger partial charge in [0.1, 0.15) is 0 Å². The van der Waals surface area contributed by atoms with Gasteiger partial charge in [0.25, 0.3) is 0 Å². The zero-order valence-corrected chi connectivity index (χ0v) is 15.5. The molecule has 1 aliphatic rings. The Morgan fingerprint density at radius 3 is 2.52 bits per heavy atom. The topological polar surface area (TPSA) is 42.1 Å². The number of halogens is 2. The van der Waals surface area contributed by atoms with E-state index in [0.717, 1.165) is 30.8 Å². The average Bonchev–Trinajstić information content (AvgIpc) is 2.47. The van der Waals surface area contributed by atoms with Crippen molar-refractivity contribution in [1.29, 1.82) is 0 Å². The van der Waals surface area contributed by atoms with Gasteiger partial charge in [-0.25, -0.2) is 0 Å². The standard InChI is InChI=1S/C18H25N3.2ClH/c1-13-11-16(17-5-3-4-6-18(17)20-13)12-21-9-7-15(8-10-21)14(2)19;;/h3-6,11,14-15H,7-10,12,19H2,1-2H3;2*1H. The van der Waals surface area contributed by atoms with Crippen LogP contribution in [-0.2, 0) is 6.54 Å². The van der Waals surface area contributed by atoms with Crippen LogP contribution in [0.2, 0.25) is 0 Å². The Bertz CT molecular complexity index is 623. The Morgan fingerprint density at radius 2 is 1.87 bits per heavy atom. The first-order valence-corrected chi connectivity index (χ1v) is 7.96. The monoisotopic (exact) mass is 355 g/mol. The molecule has 1 unspecified atom stereocenters. The Balaban J connectivity index is 0.00000132. The minimum Gasteiger partial charge on any atom is -0.328 e. The van der Waals surface area contributed by atoms with Crippen LogP contribution in [-0.4, -0.2) is 29.0 Å². The minimum absolute atomic E-state index is 0. The molecule has 3 rings (SSSR count). The number of fused-ring (bicyclic) bond motifs is 1. The number of piperidine rings is 1. The van der Waals surface area contributed by atoms with Crippen LogP contribution in [0.3, 0.4) is 0 Å². The molecule has 23 heavy (non-hydrogen) atoms. The first-order chi connectivity index (χ1) is 10.1. The maximum atomic E-state index is 6.03. The third-order valence-electron chi connectivity index (χ3n) is 4.70. The van der Waals surface area contributed by atoms with Crippen LogP contribution in [0.25, 0.3) is 10.9 Å². The second kappa shape index (κ2) is 8.84. The van der Waals surface area contributed by atoms with E-state index in [1.165, 1.54) is 23.8 Å². The number of hydrogen-bond donors (Lipinski definition) is 1. The van der Waals surface area contributed by atoms with E-state index in [1.807, 2.05) is 0 Å². The number of nitrogens with zero attached hydrogens (tertiary/aromatic N) is 2. The highest BCUT2D eigenvalue weighted by Gasteiger charge is 2.22. The number of pyridine rings is 1. The first kappa shape index (κ1) is 20.2. The van der Waals surface area contributed by atoms with Gasteiger partial charge in [-0.05, 0) is 63.4 Å². The molecule has 0 bridgehead atoms. The van der Waals surface area contributed by atoms with Gasteiger partial charge in [0.15, 0.2) is 0 Å². The van der Waals surface area contributed by atoms with Crippen LogP contribution < -0.4 is 5.73 Å². The third-order valence-corrected chi connectivity index (χ3v) is 4.70. The Kier molecular flexibility index (Phi) is 7.75. The van der Waals surface area contributed by atoms with Crippen LogP contribution in [0, 0.1) is 12.8 Å². The van der Waals surface area contributed by atoms with E-state index in [9.17, 15) is 0 Å². The summed E-state index contributed by atoms with van der Waals surface area (Å²) in [5, 5.41) is 1.29. The SMILES string of the molecule is Cc1cc(CN2CCC(C(C)N)CC2)c2ccccc2n1.Cl.Cl. The van der Waals surface area contributed by atoms with Gasteiger partial charge >= 0.3 is 0 Å². The molecule has 1 atom stereocenters. The zero-order chi connectivity index (χ0) is 14.8. The van der Waals surface area contributed by atoms with Crippen LogP contribution in [0.1, 0.15) is 31.0 Å². The van der Waals surface area contributed by atoms with Gasteiger partial charge in [-0.2, -0.15) is 0 Å². The number of aryl methyl sites for hydroxylation is 1. The van der Waals surface area contributed by atoms with E-state index in [4.69, 9.17) is 5.73 Å². The van der Waals surface area contributed by atoms with Gasteiger partial charge in [-0.3, -0.25) is 9.88 Å². The maximum Gasteiger partial charge on any atom is 0.0708 e. The zero-order valence-electron chi connectivity index (χ0n) is 13.9. The number of benzene rings is 1. The molecule has 3 nitrogen and oxygen atoms in total. The summed E-state index contributed by atoms with van der Waals surface area (Å²) in [5.74, 6) is 0.692. The van der Waals surface area contributed by atoms with Crippen molar-refractivity contribution in [3.8, 4) is 0 Å². The molecular weight excluding hydrogens is 329 g/mol. The fourth-order valence-electron chi connectivity index (χ4n) is 3.40. The van der Waals surface area contributed by atoms with E-state index in [1.54, 1.807) is 0 Å². The molecule has 1 aliphatic heterocycles. The van der Waals surface area contributed by atoms with Gasteiger partial charge in [-0.15, -0.1) is 24.8 Å². The fourth-order valence-corrected chi connectivity index (χ4v) is 3.40. The highest BCUT2D eigenvalue weighted by atomic mass is 35.5. The summed E-state index contributed by atoms with van der Waals surface area (Å²) in [6.45, 7) is 7.55. The third kappa shape index (κ3) is 4.80. The fraction of sp³-hybridized carbons (Fsp3) is 0.500. The van der Waals surface area contributed by atoms with Crippen LogP contribution in [0.5, 0.6) is 0 Å². The van der Waals surface area contributed by atoms with Crippen molar-refractivity contribution in [3.05, 3.63) is 41.6 Å². The number of likely N-dealkylation sites (tertiary alicyclic amines) is 1. The lowest BCUT2D eigenvalue weighted by atomic mass is 9.90. The Morgan fingerprint density at radius 1 is 1.22 bits per heavy atom. The highest BCUT2D eigenvalue weighted by molar-refractivity contribution is 5.85. The number of hydrogen-bond acceptors (Lipinski definition) is 3. The van der Waals surface area contributed by atoms with Crippen LogP contribution in [0.15, 0.2) is 30.3 Å². The van der Waals surface area contributed by atoms with Crippen molar-refractivity contribution in [2.24, 2.45) is 11.7 Å². The van der Waals surface area contributed by atoms with E-state index >= 15 is 0 Å². The molecule has 1 saturated heterocycles. The predicted octanol–water partition coefficient (Wildman–Crippen LogP) is 3.95. The number of para-hydroxylation sites is 1. The van der Waals surface area contributed by atoms with Gasteiger partial charge in [0.2, 0.25) is 0 Å². The van der Waals surface area contributed by atoms with Gasteiger partial charge in [0, 0.05) is 23.7 Å². The van der Waals surface area contributed by atoms with E-state index in [0.29, 0.717) is 12.0 Å². The van der Waals surface area contributed by atoms with Gasteiger partial charge in [0.05, 0.1) is 5.52 Å². The average molecular weight is 356 g/mol. The van der Waals surface area contributed by atoms with Gasteiger partial charge < -0.3 is 5.73 Å². The lowest BCUT2D eigenvalue weighted by molar-refractivity contribution is 0.166. The maximum absolute atomic E-state index is 6.03. The molecule has 128 valence electrons. The Labute approximate surface area is 151 Å². The van der Waals surface area contributed by atoms with Crippen LogP contribution in [0.4, 0.5) is 0 Å². The molecule has 2 aromatic rings. The second-order valence-electron chi connectivity index (χ2n) is 6.41. The molecule has 2 heterocycles. The van der Waals surface area contributed by atoms with Crippen molar-refractivity contribution >= 4 is 35.7 Å². The molecule has 0 saturated carbocycles. The highest BCUT2D eigenvalue weighted by Crippen LogP contribution is 2.24. The normalized spacial score (nSPS) is 17.3. The molecule has 1 aromatic carbocycles. The molecule has 1 fully saturated rings. The van der Waals surface area contributed by atoms with Crippen LogP contribution >= 0.6 is 24.8 Å². The predicted molar refractivity (Wildman–Crippen MR) is 103 cm³/mol. The quantitative estimate of drug-likeness (QED) is 0.906. The summed E-state index contributed by atoms with van der Waals surface area (Å²) in [6, 6.07) is 11.0. The lowest BCUT2D eigenvalue weighted by Gasteiger charge is -2.33. The summed E-state index contributed by atoms with van der Waals surface area (Å²) in [6.07, 6.45) is 2.44. The van der Waals surface area contributed by atoms with E-state index in [2.05, 4.69) is 54.1 Å². The van der Waals surface area contributed by atoms with E-state index in [-0.39, 0.29) is 24.8 Å². The molecule has 1 aromatic heterocycles. The summed E-state index contributed by atoms with van der Waals surface area (Å²) in [7, 11) is 0. The van der Waals surface area contributed by atoms with Crippen molar-refractivity contribution in [2.75, 3.05) is 13.1 Å². The summed E-state index contributed by atoms with van der Waals surface area (Å²) in [4.78, 5) is 7.19. The summed E-state index contributed by atoms with van der Waals surface area (Å²) >= 11 is 0. The Hall–Kier alpha value is -0.870. The summed E-state index contributed by atoms with van der Waals surface area (Å²) in [5.41, 5.74) is 9.65. The smallest absolute Gasteiger partial charge is 0.0708 e. The number of nitrogens with two attached hydrogens (primary N) is 1. The van der Waals surface area contributed by atoms with Crippen molar-refractivity contribution < 1.29 is 0 Å². The molecule has 5 heteroatoms. The van der Waals surface area contributed by atoms with Crippen molar-refractivity contribution in [2.45, 2.75) is 39.3 Å². The molecular formula is C18H27Cl2N3. The molecule has 0 radical (unpaired) electrons. The molecule has 0 aliphatic carbocycles. The molecule has 2 N–H and O–H groups in total. The number of aromatic nitrogens is 1. The second-order valence-corrected chi connectivity index (χ2v) is 6.41. The van der Waals surface area contributed by atoms with Crippen molar-refractivity contribution in [3.63, 3.8) is 0 Å². The van der Waals surface area contributed by atoms with E-state index < -0.39 is 0 Å². The van der Waals surface area contributed by atoms with Gasteiger partial charge in [-0.1, -0.05) is 18.2 Å². The first-order valence-electron chi connectivity index (χ1n) is 7.96. The largest absolute Gasteiger partial charge is 0.328 e.